The van der Waals surface area contributed by atoms with Crippen molar-refractivity contribution in [3.63, 3.8) is 0 Å². The second-order valence-corrected chi connectivity index (χ2v) is 5.63. The minimum Gasteiger partial charge on any atom is -0.366 e. The molecule has 0 radical (unpaired) electrons. The van der Waals surface area contributed by atoms with Crippen LogP contribution < -0.4 is 10.5 Å². The van der Waals surface area contributed by atoms with E-state index in [9.17, 15) is 17.6 Å². The van der Waals surface area contributed by atoms with E-state index in [1.54, 1.807) is 0 Å². The van der Waals surface area contributed by atoms with Crippen LogP contribution in [0.15, 0.2) is 53.4 Å². The molecule has 0 unspecified atom stereocenters. The molecule has 2 aromatic carbocycles. The Labute approximate surface area is 115 Å². The number of sulfonamides is 1. The number of primary amides is 1. The Morgan fingerprint density at radius 2 is 1.80 bits per heavy atom. The fourth-order valence-corrected chi connectivity index (χ4v) is 2.74. The van der Waals surface area contributed by atoms with E-state index in [4.69, 9.17) is 5.73 Å². The number of benzene rings is 2. The summed E-state index contributed by atoms with van der Waals surface area (Å²) in [7, 11) is -4.06. The van der Waals surface area contributed by atoms with Gasteiger partial charge < -0.3 is 5.73 Å². The number of halogens is 1. The Balaban J connectivity index is 2.36. The minimum atomic E-state index is -4.06. The zero-order valence-electron chi connectivity index (χ0n) is 10.2. The van der Waals surface area contributed by atoms with Gasteiger partial charge in [-0.3, -0.25) is 9.52 Å². The Morgan fingerprint density at radius 3 is 2.45 bits per heavy atom. The quantitative estimate of drug-likeness (QED) is 0.899. The molecule has 3 N–H and O–H groups in total. The molecule has 2 aromatic rings. The van der Waals surface area contributed by atoms with Crippen LogP contribution in [0.25, 0.3) is 0 Å². The number of rotatable bonds is 4. The lowest BCUT2D eigenvalue weighted by molar-refractivity contribution is 0.100. The van der Waals surface area contributed by atoms with Gasteiger partial charge in [-0.05, 0) is 30.3 Å². The monoisotopic (exact) mass is 294 g/mol. The van der Waals surface area contributed by atoms with E-state index < -0.39 is 26.6 Å². The van der Waals surface area contributed by atoms with Crippen molar-refractivity contribution in [1.82, 2.24) is 0 Å². The molecule has 5 nitrogen and oxygen atoms in total. The minimum absolute atomic E-state index is 0.129. The van der Waals surface area contributed by atoms with E-state index in [1.165, 1.54) is 36.4 Å². The molecule has 0 spiro atoms. The van der Waals surface area contributed by atoms with Crippen molar-refractivity contribution < 1.29 is 17.6 Å². The number of carbonyl (C=O) groups is 1. The van der Waals surface area contributed by atoms with E-state index in [0.29, 0.717) is 0 Å². The summed E-state index contributed by atoms with van der Waals surface area (Å²) in [5.74, 6) is -1.54. The Morgan fingerprint density at radius 1 is 1.10 bits per heavy atom. The normalized spacial score (nSPS) is 11.1. The number of anilines is 1. The van der Waals surface area contributed by atoms with E-state index in [-0.39, 0.29) is 11.3 Å². The number of hydrogen-bond donors (Lipinski definition) is 2. The SMILES string of the molecule is NC(=O)c1cccc(NS(=O)(=O)c2ccccc2F)c1. The maximum atomic E-state index is 13.5. The molecular weight excluding hydrogens is 283 g/mol. The van der Waals surface area contributed by atoms with Crippen LogP contribution in [-0.2, 0) is 10.0 Å². The molecule has 0 saturated carbocycles. The predicted octanol–water partition coefficient (Wildman–Crippen LogP) is 1.73. The topological polar surface area (TPSA) is 89.3 Å². The Hall–Kier alpha value is -2.41. The maximum absolute atomic E-state index is 13.5. The molecular formula is C13H11FN2O3S. The average molecular weight is 294 g/mol. The first kappa shape index (κ1) is 14.0. The molecule has 20 heavy (non-hydrogen) atoms. The molecule has 0 aliphatic heterocycles. The molecule has 1 amide bonds. The zero-order valence-corrected chi connectivity index (χ0v) is 11.0. The molecule has 0 aliphatic rings. The maximum Gasteiger partial charge on any atom is 0.264 e. The molecule has 7 heteroatoms. The smallest absolute Gasteiger partial charge is 0.264 e. The Bertz CT molecular complexity index is 760. The molecule has 0 aliphatic carbocycles. The lowest BCUT2D eigenvalue weighted by atomic mass is 10.2. The van der Waals surface area contributed by atoms with Gasteiger partial charge in [-0.15, -0.1) is 0 Å². The second-order valence-electron chi connectivity index (χ2n) is 3.98. The van der Waals surface area contributed by atoms with Crippen LogP contribution in [-0.4, -0.2) is 14.3 Å². The van der Waals surface area contributed by atoms with Gasteiger partial charge in [-0.1, -0.05) is 18.2 Å². The summed E-state index contributed by atoms with van der Waals surface area (Å²) in [6, 6.07) is 10.6. The van der Waals surface area contributed by atoms with Crippen LogP contribution in [0.1, 0.15) is 10.4 Å². The fourth-order valence-electron chi connectivity index (χ4n) is 1.61. The standard InChI is InChI=1S/C13H11FN2O3S/c14-11-6-1-2-7-12(11)20(18,19)16-10-5-3-4-9(8-10)13(15)17/h1-8,16H,(H2,15,17). The Kier molecular flexibility index (Phi) is 3.71. The number of nitrogens with one attached hydrogen (secondary N) is 1. The molecule has 2 rings (SSSR count). The summed E-state index contributed by atoms with van der Waals surface area (Å²) < 4.78 is 39.8. The zero-order chi connectivity index (χ0) is 14.8. The van der Waals surface area contributed by atoms with E-state index >= 15 is 0 Å². The van der Waals surface area contributed by atoms with Crippen molar-refractivity contribution in [2.24, 2.45) is 5.73 Å². The second kappa shape index (κ2) is 5.30. The molecule has 104 valence electrons. The lowest BCUT2D eigenvalue weighted by Crippen LogP contribution is -2.16. The van der Waals surface area contributed by atoms with E-state index in [2.05, 4.69) is 4.72 Å². The highest BCUT2D eigenvalue weighted by molar-refractivity contribution is 7.92. The molecule has 0 saturated heterocycles. The fraction of sp³-hybridized carbons (Fsp3) is 0. The third-order valence-electron chi connectivity index (χ3n) is 2.53. The average Bonchev–Trinajstić information content (AvgIpc) is 2.38. The van der Waals surface area contributed by atoms with Crippen molar-refractivity contribution in [1.29, 1.82) is 0 Å². The third-order valence-corrected chi connectivity index (χ3v) is 3.94. The van der Waals surface area contributed by atoms with Gasteiger partial charge in [0.1, 0.15) is 10.7 Å². The van der Waals surface area contributed by atoms with Crippen LogP contribution >= 0.6 is 0 Å². The molecule has 0 aromatic heterocycles. The van der Waals surface area contributed by atoms with Crippen LogP contribution in [0.3, 0.4) is 0 Å². The molecule has 0 atom stereocenters. The van der Waals surface area contributed by atoms with Gasteiger partial charge in [-0.2, -0.15) is 0 Å². The third kappa shape index (κ3) is 2.94. The van der Waals surface area contributed by atoms with Crippen LogP contribution in [0.2, 0.25) is 0 Å². The van der Waals surface area contributed by atoms with Crippen molar-refractivity contribution >= 4 is 21.6 Å². The van der Waals surface area contributed by atoms with E-state index in [1.807, 2.05) is 0 Å². The number of carbonyl (C=O) groups excluding carboxylic acids is 1. The van der Waals surface area contributed by atoms with Gasteiger partial charge in [0.2, 0.25) is 5.91 Å². The number of amides is 1. The highest BCUT2D eigenvalue weighted by Gasteiger charge is 2.18. The first-order chi connectivity index (χ1) is 9.40. The highest BCUT2D eigenvalue weighted by Crippen LogP contribution is 2.19. The molecule has 0 heterocycles. The molecule has 0 fully saturated rings. The van der Waals surface area contributed by atoms with Gasteiger partial charge in [-0.25, -0.2) is 12.8 Å². The van der Waals surface area contributed by atoms with Crippen molar-refractivity contribution in [2.75, 3.05) is 4.72 Å². The van der Waals surface area contributed by atoms with Crippen molar-refractivity contribution in [3.05, 3.63) is 59.9 Å². The van der Waals surface area contributed by atoms with Gasteiger partial charge in [0.25, 0.3) is 10.0 Å². The van der Waals surface area contributed by atoms with Gasteiger partial charge in [0, 0.05) is 11.3 Å². The van der Waals surface area contributed by atoms with Crippen LogP contribution in [0.4, 0.5) is 10.1 Å². The molecule has 0 bridgehead atoms. The highest BCUT2D eigenvalue weighted by atomic mass is 32.2. The van der Waals surface area contributed by atoms with Crippen LogP contribution in [0.5, 0.6) is 0 Å². The van der Waals surface area contributed by atoms with Crippen molar-refractivity contribution in [2.45, 2.75) is 4.90 Å². The first-order valence-electron chi connectivity index (χ1n) is 5.57. The summed E-state index contributed by atoms with van der Waals surface area (Å²) in [6.07, 6.45) is 0. The largest absolute Gasteiger partial charge is 0.366 e. The van der Waals surface area contributed by atoms with Gasteiger partial charge >= 0.3 is 0 Å². The number of hydrogen-bond acceptors (Lipinski definition) is 3. The lowest BCUT2D eigenvalue weighted by Gasteiger charge is -2.09. The summed E-state index contributed by atoms with van der Waals surface area (Å²) in [5, 5.41) is 0. The van der Waals surface area contributed by atoms with Gasteiger partial charge in [0.15, 0.2) is 0 Å². The summed E-state index contributed by atoms with van der Waals surface area (Å²) in [6.45, 7) is 0. The number of nitrogens with two attached hydrogens (primary N) is 1. The van der Waals surface area contributed by atoms with Gasteiger partial charge in [0.05, 0.1) is 0 Å². The summed E-state index contributed by atoms with van der Waals surface area (Å²) in [4.78, 5) is 10.6. The first-order valence-corrected chi connectivity index (χ1v) is 7.06. The van der Waals surface area contributed by atoms with Crippen molar-refractivity contribution in [3.8, 4) is 0 Å². The summed E-state index contributed by atoms with van der Waals surface area (Å²) in [5.41, 5.74) is 5.39. The predicted molar refractivity (Wildman–Crippen MR) is 72.2 cm³/mol. The van der Waals surface area contributed by atoms with Crippen LogP contribution in [0, 0.1) is 5.82 Å². The summed E-state index contributed by atoms with van der Waals surface area (Å²) >= 11 is 0. The van der Waals surface area contributed by atoms with E-state index in [0.717, 1.165) is 12.1 Å².